The third-order valence-electron chi connectivity index (χ3n) is 5.72. The number of amides is 2. The molecule has 0 spiro atoms. The van der Waals surface area contributed by atoms with Crippen molar-refractivity contribution in [2.45, 2.75) is 33.2 Å². The van der Waals surface area contributed by atoms with Crippen molar-refractivity contribution in [3.63, 3.8) is 0 Å². The Hall–Kier alpha value is -3.02. The van der Waals surface area contributed by atoms with Gasteiger partial charge in [0.05, 0.1) is 12.8 Å². The Morgan fingerprint density at radius 2 is 1.65 bits per heavy atom. The maximum Gasteiger partial charge on any atom is 0.252 e. The zero-order chi connectivity index (χ0) is 22.4. The highest BCUT2D eigenvalue weighted by Crippen LogP contribution is 2.28. The molecule has 0 saturated carbocycles. The van der Waals surface area contributed by atoms with Crippen LogP contribution in [0, 0.1) is 12.8 Å². The number of nitrogens with zero attached hydrogens (tertiary/aromatic N) is 2. The van der Waals surface area contributed by atoms with E-state index in [0.717, 1.165) is 30.1 Å². The first-order valence-corrected chi connectivity index (χ1v) is 10.9. The van der Waals surface area contributed by atoms with Gasteiger partial charge in [0.2, 0.25) is 5.91 Å². The van der Waals surface area contributed by atoms with Crippen LogP contribution in [0.1, 0.15) is 36.2 Å². The van der Waals surface area contributed by atoms with Gasteiger partial charge in [-0.15, -0.1) is 0 Å². The van der Waals surface area contributed by atoms with Crippen molar-refractivity contribution >= 4 is 17.5 Å². The number of anilines is 1. The fourth-order valence-corrected chi connectivity index (χ4v) is 4.04. The third kappa shape index (κ3) is 5.57. The largest absolute Gasteiger partial charge is 0.495 e. The van der Waals surface area contributed by atoms with Crippen molar-refractivity contribution in [2.24, 2.45) is 5.92 Å². The number of piperazine rings is 1. The van der Waals surface area contributed by atoms with Gasteiger partial charge in [0.1, 0.15) is 11.8 Å². The Bertz CT molecular complexity index is 904. The smallest absolute Gasteiger partial charge is 0.252 e. The number of nitrogens with one attached hydrogen (secondary N) is 1. The second-order valence-corrected chi connectivity index (χ2v) is 8.45. The van der Waals surface area contributed by atoms with E-state index in [-0.39, 0.29) is 11.8 Å². The number of ether oxygens (including phenoxy) is 1. The van der Waals surface area contributed by atoms with E-state index in [0.29, 0.717) is 31.0 Å². The summed E-state index contributed by atoms with van der Waals surface area (Å²) in [5.41, 5.74) is 2.56. The summed E-state index contributed by atoms with van der Waals surface area (Å²) in [4.78, 5) is 30.3. The van der Waals surface area contributed by atoms with Crippen LogP contribution in [0.5, 0.6) is 5.75 Å². The normalized spacial score (nSPS) is 15.0. The second-order valence-electron chi connectivity index (χ2n) is 8.45. The van der Waals surface area contributed by atoms with Crippen molar-refractivity contribution in [2.75, 3.05) is 38.2 Å². The molecule has 1 aliphatic rings. The molecule has 1 heterocycles. The maximum absolute atomic E-state index is 13.3. The molecule has 0 aromatic heterocycles. The van der Waals surface area contributed by atoms with Crippen LogP contribution < -0.4 is 15.0 Å². The van der Waals surface area contributed by atoms with Crippen LogP contribution in [0.25, 0.3) is 0 Å². The van der Waals surface area contributed by atoms with Gasteiger partial charge < -0.3 is 19.9 Å². The fraction of sp³-hybridized carbons (Fsp3) is 0.440. The molecule has 2 aromatic rings. The van der Waals surface area contributed by atoms with Crippen molar-refractivity contribution in [3.05, 3.63) is 59.7 Å². The molecule has 3 rings (SSSR count). The Morgan fingerprint density at radius 1 is 1.00 bits per heavy atom. The molecule has 6 nitrogen and oxygen atoms in total. The van der Waals surface area contributed by atoms with Crippen molar-refractivity contribution in [1.82, 2.24) is 10.2 Å². The minimum atomic E-state index is -0.523. The molecule has 1 N–H and O–H groups in total. The molecular weight excluding hydrogens is 390 g/mol. The summed E-state index contributed by atoms with van der Waals surface area (Å²) in [6, 6.07) is 14.9. The van der Waals surface area contributed by atoms with Gasteiger partial charge in [0.15, 0.2) is 0 Å². The van der Waals surface area contributed by atoms with Gasteiger partial charge in [0, 0.05) is 31.7 Å². The lowest BCUT2D eigenvalue weighted by molar-refractivity contribution is -0.134. The fourth-order valence-electron chi connectivity index (χ4n) is 4.04. The summed E-state index contributed by atoms with van der Waals surface area (Å²) < 4.78 is 5.48. The van der Waals surface area contributed by atoms with Crippen molar-refractivity contribution in [1.29, 1.82) is 0 Å². The quantitative estimate of drug-likeness (QED) is 0.741. The van der Waals surface area contributed by atoms with E-state index in [2.05, 4.69) is 24.1 Å². The number of carbonyl (C=O) groups is 2. The van der Waals surface area contributed by atoms with E-state index in [9.17, 15) is 9.59 Å². The van der Waals surface area contributed by atoms with Crippen LogP contribution in [-0.4, -0.2) is 56.0 Å². The molecule has 1 atom stereocenters. The van der Waals surface area contributed by atoms with E-state index in [1.54, 1.807) is 13.2 Å². The van der Waals surface area contributed by atoms with Gasteiger partial charge in [-0.1, -0.05) is 44.2 Å². The standard InChI is InChI=1S/C25H33N3O3/c1-18(2)17-21(26-24(29)20-10-6-5-9-19(20)3)25(30)28-15-13-27(14-16-28)22-11-7-8-12-23(22)31-4/h5-12,18,21H,13-17H2,1-4H3,(H,26,29)/t21-/m0/s1. The van der Waals surface area contributed by atoms with Crippen LogP contribution in [0.4, 0.5) is 5.69 Å². The molecule has 1 saturated heterocycles. The van der Waals surface area contributed by atoms with Crippen LogP contribution in [0.2, 0.25) is 0 Å². The van der Waals surface area contributed by atoms with Crippen LogP contribution >= 0.6 is 0 Å². The average molecular weight is 424 g/mol. The van der Waals surface area contributed by atoms with Crippen LogP contribution in [-0.2, 0) is 4.79 Å². The molecule has 2 amide bonds. The topological polar surface area (TPSA) is 61.9 Å². The van der Waals surface area contributed by atoms with Gasteiger partial charge >= 0.3 is 0 Å². The van der Waals surface area contributed by atoms with Gasteiger partial charge in [0.25, 0.3) is 5.91 Å². The maximum atomic E-state index is 13.3. The Kier molecular flexibility index (Phi) is 7.55. The summed E-state index contributed by atoms with van der Waals surface area (Å²) in [5, 5.41) is 3.00. The summed E-state index contributed by atoms with van der Waals surface area (Å²) in [5.74, 6) is 0.937. The number of hydrogen-bond donors (Lipinski definition) is 1. The minimum Gasteiger partial charge on any atom is -0.495 e. The highest BCUT2D eigenvalue weighted by molar-refractivity contribution is 5.98. The van der Waals surface area contributed by atoms with E-state index in [1.165, 1.54) is 0 Å². The Labute approximate surface area is 185 Å². The molecule has 6 heteroatoms. The molecule has 1 aliphatic heterocycles. The molecule has 1 fully saturated rings. The zero-order valence-electron chi connectivity index (χ0n) is 18.9. The first-order valence-electron chi connectivity index (χ1n) is 10.9. The molecule has 166 valence electrons. The number of aryl methyl sites for hydroxylation is 1. The summed E-state index contributed by atoms with van der Waals surface area (Å²) in [6.07, 6.45) is 0.614. The van der Waals surface area contributed by atoms with Crippen LogP contribution in [0.15, 0.2) is 48.5 Å². The first-order chi connectivity index (χ1) is 14.9. The Balaban J connectivity index is 1.67. The number of methoxy groups -OCH3 is 1. The van der Waals surface area contributed by atoms with E-state index in [1.807, 2.05) is 54.3 Å². The molecule has 31 heavy (non-hydrogen) atoms. The molecule has 0 aliphatic carbocycles. The monoisotopic (exact) mass is 423 g/mol. The lowest BCUT2D eigenvalue weighted by atomic mass is 10.0. The molecule has 0 radical (unpaired) electrons. The lowest BCUT2D eigenvalue weighted by Gasteiger charge is -2.38. The molecular formula is C25H33N3O3. The third-order valence-corrected chi connectivity index (χ3v) is 5.72. The van der Waals surface area contributed by atoms with Crippen molar-refractivity contribution < 1.29 is 14.3 Å². The molecule has 2 aromatic carbocycles. The minimum absolute atomic E-state index is 0.00434. The number of para-hydroxylation sites is 2. The van der Waals surface area contributed by atoms with Crippen molar-refractivity contribution in [3.8, 4) is 5.75 Å². The zero-order valence-corrected chi connectivity index (χ0v) is 18.9. The van der Waals surface area contributed by atoms with E-state index in [4.69, 9.17) is 4.74 Å². The van der Waals surface area contributed by atoms with Gasteiger partial charge in [-0.3, -0.25) is 9.59 Å². The van der Waals surface area contributed by atoms with Gasteiger partial charge in [-0.2, -0.15) is 0 Å². The average Bonchev–Trinajstić information content (AvgIpc) is 2.78. The highest BCUT2D eigenvalue weighted by Gasteiger charge is 2.30. The number of benzene rings is 2. The SMILES string of the molecule is COc1ccccc1N1CCN(C(=O)[C@H](CC(C)C)NC(=O)c2ccccc2C)CC1. The second kappa shape index (κ2) is 10.3. The molecule has 0 bridgehead atoms. The van der Waals surface area contributed by atoms with E-state index < -0.39 is 6.04 Å². The number of carbonyl (C=O) groups excluding carboxylic acids is 2. The molecule has 0 unspecified atom stereocenters. The highest BCUT2D eigenvalue weighted by atomic mass is 16.5. The lowest BCUT2D eigenvalue weighted by Crippen LogP contribution is -2.55. The Morgan fingerprint density at radius 3 is 2.29 bits per heavy atom. The number of hydrogen-bond acceptors (Lipinski definition) is 4. The summed E-state index contributed by atoms with van der Waals surface area (Å²) in [6.45, 7) is 8.74. The number of rotatable bonds is 7. The van der Waals surface area contributed by atoms with Gasteiger partial charge in [-0.25, -0.2) is 0 Å². The predicted octanol–water partition coefficient (Wildman–Crippen LogP) is 3.50. The van der Waals surface area contributed by atoms with E-state index >= 15 is 0 Å². The first kappa shape index (κ1) is 22.7. The summed E-state index contributed by atoms with van der Waals surface area (Å²) >= 11 is 0. The summed E-state index contributed by atoms with van der Waals surface area (Å²) in [7, 11) is 1.67. The van der Waals surface area contributed by atoms with Gasteiger partial charge in [-0.05, 0) is 43.0 Å². The predicted molar refractivity (Wildman–Crippen MR) is 124 cm³/mol. The van der Waals surface area contributed by atoms with Crippen LogP contribution in [0.3, 0.4) is 0 Å².